The van der Waals surface area contributed by atoms with Crippen LogP contribution in [0, 0.1) is 5.92 Å². The van der Waals surface area contributed by atoms with Gasteiger partial charge in [0.1, 0.15) is 16.9 Å². The Morgan fingerprint density at radius 1 is 1.18 bits per heavy atom. The molecule has 0 radical (unpaired) electrons. The van der Waals surface area contributed by atoms with Crippen LogP contribution < -0.4 is 19.7 Å². The van der Waals surface area contributed by atoms with Crippen LogP contribution in [0.1, 0.15) is 24.8 Å². The zero-order valence-electron chi connectivity index (χ0n) is 16.4. The van der Waals surface area contributed by atoms with Gasteiger partial charge in [0.25, 0.3) is 0 Å². The molecule has 28 heavy (non-hydrogen) atoms. The van der Waals surface area contributed by atoms with E-state index in [4.69, 9.17) is 9.47 Å². The summed E-state index contributed by atoms with van der Waals surface area (Å²) in [6.07, 6.45) is 0. The molecule has 0 spiro atoms. The molecular formula is C21H24N2O4S. The van der Waals surface area contributed by atoms with Crippen molar-refractivity contribution in [3.63, 3.8) is 0 Å². The predicted octanol–water partition coefficient (Wildman–Crippen LogP) is 4.08. The molecule has 3 rings (SSSR count). The highest BCUT2D eigenvalue weighted by Gasteiger charge is 2.37. The van der Waals surface area contributed by atoms with Crippen molar-refractivity contribution in [2.75, 3.05) is 30.2 Å². The largest absolute Gasteiger partial charge is 0.497 e. The van der Waals surface area contributed by atoms with E-state index in [1.165, 1.54) is 11.8 Å². The maximum atomic E-state index is 12.8. The lowest BCUT2D eigenvalue weighted by Crippen LogP contribution is -2.29. The number of hydrogen-bond donors (Lipinski definition) is 1. The van der Waals surface area contributed by atoms with Gasteiger partial charge in [0.2, 0.25) is 11.8 Å². The molecule has 2 aromatic rings. The van der Waals surface area contributed by atoms with Gasteiger partial charge in [0.05, 0.1) is 25.7 Å². The van der Waals surface area contributed by atoms with E-state index >= 15 is 0 Å². The highest BCUT2D eigenvalue weighted by atomic mass is 32.2. The summed E-state index contributed by atoms with van der Waals surface area (Å²) < 4.78 is 10.8. The van der Waals surface area contributed by atoms with Crippen molar-refractivity contribution in [3.8, 4) is 11.5 Å². The average Bonchev–Trinajstić information content (AvgIpc) is 3.08. The van der Waals surface area contributed by atoms with Crippen molar-refractivity contribution in [3.05, 3.63) is 48.0 Å². The van der Waals surface area contributed by atoms with Crippen LogP contribution >= 0.6 is 11.8 Å². The third kappa shape index (κ3) is 3.94. The maximum absolute atomic E-state index is 12.8. The number of amides is 2. The van der Waals surface area contributed by atoms with Gasteiger partial charge in [-0.25, -0.2) is 0 Å². The first-order chi connectivity index (χ1) is 13.5. The molecule has 1 heterocycles. The van der Waals surface area contributed by atoms with Crippen molar-refractivity contribution in [1.29, 1.82) is 0 Å². The Morgan fingerprint density at radius 2 is 1.93 bits per heavy atom. The number of benzene rings is 2. The van der Waals surface area contributed by atoms with E-state index < -0.39 is 0 Å². The topological polar surface area (TPSA) is 67.9 Å². The van der Waals surface area contributed by atoms with Crippen molar-refractivity contribution in [2.24, 2.45) is 5.92 Å². The lowest BCUT2D eigenvalue weighted by atomic mass is 10.1. The van der Waals surface area contributed by atoms with Gasteiger partial charge in [-0.3, -0.25) is 14.5 Å². The number of carbonyl (C=O) groups excluding carboxylic acids is 2. The second kappa shape index (κ2) is 8.56. The van der Waals surface area contributed by atoms with Crippen molar-refractivity contribution in [2.45, 2.75) is 19.2 Å². The minimum atomic E-state index is -0.265. The quantitative estimate of drug-likeness (QED) is 0.791. The summed E-state index contributed by atoms with van der Waals surface area (Å²) in [4.78, 5) is 26.7. The molecule has 1 unspecified atom stereocenters. The van der Waals surface area contributed by atoms with Gasteiger partial charge in [-0.15, -0.1) is 11.8 Å². The third-order valence-electron chi connectivity index (χ3n) is 4.52. The number of methoxy groups -OCH3 is 2. The highest BCUT2D eigenvalue weighted by Crippen LogP contribution is 2.47. The Balaban J connectivity index is 2.02. The number of rotatable bonds is 6. The monoisotopic (exact) mass is 400 g/mol. The molecule has 1 N–H and O–H groups in total. The summed E-state index contributed by atoms with van der Waals surface area (Å²) in [5.41, 5.74) is 2.27. The number of carbonyl (C=O) groups is 2. The first-order valence-corrected chi connectivity index (χ1v) is 10.1. The standard InChI is InChI=1S/C21H24N2O4S/c1-13(2)20(25)22-16-8-6-5-7-15(16)21-23(19(24)12-28-21)17-10-9-14(26-3)11-18(17)27-4/h5-11,13,21H,12H2,1-4H3,(H,22,25). The Morgan fingerprint density at radius 3 is 2.61 bits per heavy atom. The number of ether oxygens (including phenoxy) is 2. The van der Waals surface area contributed by atoms with Crippen LogP contribution in [-0.4, -0.2) is 31.8 Å². The lowest BCUT2D eigenvalue weighted by Gasteiger charge is -2.27. The van der Waals surface area contributed by atoms with Crippen LogP contribution in [0.5, 0.6) is 11.5 Å². The minimum absolute atomic E-state index is 0.0107. The van der Waals surface area contributed by atoms with Crippen LogP contribution in [0.2, 0.25) is 0 Å². The van der Waals surface area contributed by atoms with E-state index in [1.807, 2.05) is 44.2 Å². The Labute approximate surface area is 169 Å². The van der Waals surface area contributed by atoms with Crippen LogP contribution in [0.4, 0.5) is 11.4 Å². The highest BCUT2D eigenvalue weighted by molar-refractivity contribution is 8.00. The molecule has 0 aromatic heterocycles. The molecule has 1 saturated heterocycles. The van der Waals surface area contributed by atoms with Gasteiger partial charge in [0.15, 0.2) is 0 Å². The Bertz CT molecular complexity index is 884. The Kier molecular flexibility index (Phi) is 6.14. The first-order valence-electron chi connectivity index (χ1n) is 9.01. The van der Waals surface area contributed by atoms with Gasteiger partial charge in [0, 0.05) is 23.2 Å². The van der Waals surface area contributed by atoms with E-state index in [0.29, 0.717) is 28.6 Å². The van der Waals surface area contributed by atoms with Crippen LogP contribution in [-0.2, 0) is 9.59 Å². The van der Waals surface area contributed by atoms with Gasteiger partial charge in [-0.1, -0.05) is 32.0 Å². The van der Waals surface area contributed by atoms with Gasteiger partial charge >= 0.3 is 0 Å². The number of nitrogens with one attached hydrogen (secondary N) is 1. The summed E-state index contributed by atoms with van der Waals surface area (Å²) >= 11 is 1.52. The number of nitrogens with zero attached hydrogens (tertiary/aromatic N) is 1. The molecule has 1 atom stereocenters. The van der Waals surface area contributed by atoms with Crippen molar-refractivity contribution in [1.82, 2.24) is 0 Å². The molecule has 1 fully saturated rings. The normalized spacial score (nSPS) is 16.4. The summed E-state index contributed by atoms with van der Waals surface area (Å²) in [6, 6.07) is 13.0. The van der Waals surface area contributed by atoms with Crippen LogP contribution in [0.25, 0.3) is 0 Å². The molecule has 0 bridgehead atoms. The van der Waals surface area contributed by atoms with Gasteiger partial charge in [-0.2, -0.15) is 0 Å². The van der Waals surface area contributed by atoms with E-state index in [0.717, 1.165) is 5.56 Å². The van der Waals surface area contributed by atoms with Crippen molar-refractivity contribution < 1.29 is 19.1 Å². The number of thioether (sulfide) groups is 1. The molecule has 148 valence electrons. The minimum Gasteiger partial charge on any atom is -0.497 e. The van der Waals surface area contributed by atoms with E-state index in [-0.39, 0.29) is 23.1 Å². The number of anilines is 2. The average molecular weight is 401 g/mol. The lowest BCUT2D eigenvalue weighted by molar-refractivity contribution is -0.119. The van der Waals surface area contributed by atoms with Crippen LogP contribution in [0.3, 0.4) is 0 Å². The SMILES string of the molecule is COc1ccc(N2C(=O)CSC2c2ccccc2NC(=O)C(C)C)c(OC)c1. The zero-order valence-corrected chi connectivity index (χ0v) is 17.2. The number of para-hydroxylation sites is 1. The maximum Gasteiger partial charge on any atom is 0.238 e. The fourth-order valence-corrected chi connectivity index (χ4v) is 4.21. The molecular weight excluding hydrogens is 376 g/mol. The van der Waals surface area contributed by atoms with E-state index in [2.05, 4.69) is 5.32 Å². The van der Waals surface area contributed by atoms with E-state index in [9.17, 15) is 9.59 Å². The second-order valence-electron chi connectivity index (χ2n) is 6.70. The molecule has 0 aliphatic carbocycles. The zero-order chi connectivity index (χ0) is 20.3. The third-order valence-corrected chi connectivity index (χ3v) is 5.72. The first kappa shape index (κ1) is 20.1. The molecule has 6 nitrogen and oxygen atoms in total. The molecule has 1 aliphatic rings. The molecule has 1 aliphatic heterocycles. The fourth-order valence-electron chi connectivity index (χ4n) is 3.00. The van der Waals surface area contributed by atoms with Gasteiger partial charge < -0.3 is 14.8 Å². The summed E-state index contributed by atoms with van der Waals surface area (Å²) in [5, 5.41) is 2.71. The smallest absolute Gasteiger partial charge is 0.238 e. The fraction of sp³-hybridized carbons (Fsp3) is 0.333. The second-order valence-corrected chi connectivity index (χ2v) is 7.76. The molecule has 7 heteroatoms. The molecule has 2 aromatic carbocycles. The number of hydrogen-bond acceptors (Lipinski definition) is 5. The predicted molar refractivity (Wildman–Crippen MR) is 112 cm³/mol. The summed E-state index contributed by atoms with van der Waals surface area (Å²) in [6.45, 7) is 3.70. The summed E-state index contributed by atoms with van der Waals surface area (Å²) in [5.74, 6) is 1.36. The van der Waals surface area contributed by atoms with Crippen molar-refractivity contribution >= 4 is 35.0 Å². The van der Waals surface area contributed by atoms with Gasteiger partial charge in [-0.05, 0) is 18.2 Å². The Hall–Kier alpha value is -2.67. The molecule has 0 saturated carbocycles. The summed E-state index contributed by atoms with van der Waals surface area (Å²) in [7, 11) is 3.15. The van der Waals surface area contributed by atoms with Crippen LogP contribution in [0.15, 0.2) is 42.5 Å². The molecule has 2 amide bonds. The van der Waals surface area contributed by atoms with E-state index in [1.54, 1.807) is 31.3 Å².